The second kappa shape index (κ2) is 5.36. The van der Waals surface area contributed by atoms with E-state index in [9.17, 15) is 9.18 Å². The Bertz CT molecular complexity index is 436. The highest BCUT2D eigenvalue weighted by atomic mass is 79.9. The van der Waals surface area contributed by atoms with E-state index in [2.05, 4.69) is 21.2 Å². The number of carbonyl (C=O) groups excluding carboxylic acids is 1. The highest BCUT2D eigenvalue weighted by Gasteiger charge is 2.25. The number of amides is 1. The number of halogens is 2. The van der Waals surface area contributed by atoms with Gasteiger partial charge in [0.05, 0.1) is 0 Å². The van der Waals surface area contributed by atoms with Crippen LogP contribution < -0.4 is 5.32 Å². The number of nitrogens with one attached hydrogen (secondary N) is 1. The molecule has 1 aromatic carbocycles. The predicted molar refractivity (Wildman–Crippen MR) is 72.1 cm³/mol. The highest BCUT2D eigenvalue weighted by molar-refractivity contribution is 9.10. The summed E-state index contributed by atoms with van der Waals surface area (Å²) < 4.78 is 13.9. The number of carbonyl (C=O) groups is 1. The van der Waals surface area contributed by atoms with Crippen molar-refractivity contribution in [2.45, 2.75) is 25.9 Å². The van der Waals surface area contributed by atoms with Crippen LogP contribution in [-0.2, 0) is 0 Å². The molecule has 98 valence electrons. The maximum atomic E-state index is 13.3. The smallest absolute Gasteiger partial charge is 0.254 e. The van der Waals surface area contributed by atoms with Crippen molar-refractivity contribution in [3.8, 4) is 0 Å². The summed E-state index contributed by atoms with van der Waals surface area (Å²) in [5.41, 5.74) is 0.392. The fourth-order valence-corrected chi connectivity index (χ4v) is 2.82. The van der Waals surface area contributed by atoms with Crippen molar-refractivity contribution < 1.29 is 9.18 Å². The molecule has 1 aliphatic rings. The van der Waals surface area contributed by atoms with Gasteiger partial charge < -0.3 is 10.2 Å². The lowest BCUT2D eigenvalue weighted by Gasteiger charge is -2.36. The van der Waals surface area contributed by atoms with Crippen molar-refractivity contribution in [1.82, 2.24) is 10.2 Å². The third kappa shape index (κ3) is 3.09. The monoisotopic (exact) mass is 314 g/mol. The lowest BCUT2D eigenvalue weighted by atomic mass is 10.1. The minimum Gasteiger partial charge on any atom is -0.336 e. The maximum Gasteiger partial charge on any atom is 0.254 e. The molecule has 0 bridgehead atoms. The van der Waals surface area contributed by atoms with E-state index in [1.54, 1.807) is 11.0 Å². The van der Waals surface area contributed by atoms with E-state index in [4.69, 9.17) is 0 Å². The molecule has 1 amide bonds. The molecule has 5 heteroatoms. The van der Waals surface area contributed by atoms with Crippen LogP contribution in [0.25, 0.3) is 0 Å². The molecule has 1 N–H and O–H groups in total. The Morgan fingerprint density at radius 2 is 1.94 bits per heavy atom. The summed E-state index contributed by atoms with van der Waals surface area (Å²) in [6, 6.07) is 4.80. The van der Waals surface area contributed by atoms with E-state index in [0.717, 1.165) is 0 Å². The third-order valence-corrected chi connectivity index (χ3v) is 3.41. The van der Waals surface area contributed by atoms with Crippen LogP contribution in [0.5, 0.6) is 0 Å². The largest absolute Gasteiger partial charge is 0.336 e. The van der Waals surface area contributed by atoms with Gasteiger partial charge in [-0.25, -0.2) is 4.39 Å². The summed E-state index contributed by atoms with van der Waals surface area (Å²) >= 11 is 3.21. The second-order valence-corrected chi connectivity index (χ2v) is 5.75. The highest BCUT2D eigenvalue weighted by Crippen LogP contribution is 2.17. The lowest BCUT2D eigenvalue weighted by molar-refractivity contribution is 0.0673. The normalized spacial score (nSPS) is 24.1. The summed E-state index contributed by atoms with van der Waals surface area (Å²) in [4.78, 5) is 14.1. The minimum absolute atomic E-state index is 0.115. The van der Waals surface area contributed by atoms with Crippen molar-refractivity contribution in [3.05, 3.63) is 34.1 Å². The molecule has 1 heterocycles. The van der Waals surface area contributed by atoms with E-state index in [0.29, 0.717) is 23.1 Å². The van der Waals surface area contributed by atoms with Gasteiger partial charge in [-0.15, -0.1) is 0 Å². The molecule has 0 unspecified atom stereocenters. The molecule has 2 atom stereocenters. The Hall–Kier alpha value is -0.940. The van der Waals surface area contributed by atoms with Gasteiger partial charge in [0.2, 0.25) is 0 Å². The molecule has 3 nitrogen and oxygen atoms in total. The summed E-state index contributed by atoms with van der Waals surface area (Å²) in [6.07, 6.45) is 0. The van der Waals surface area contributed by atoms with Crippen LogP contribution in [0.1, 0.15) is 24.2 Å². The predicted octanol–water partition coefficient (Wildman–Crippen LogP) is 2.41. The molecule has 0 spiro atoms. The number of hydrogen-bond acceptors (Lipinski definition) is 2. The quantitative estimate of drug-likeness (QED) is 0.863. The van der Waals surface area contributed by atoms with Crippen LogP contribution in [0.15, 0.2) is 22.7 Å². The van der Waals surface area contributed by atoms with E-state index in [1.165, 1.54) is 12.1 Å². The van der Waals surface area contributed by atoms with Crippen LogP contribution in [0, 0.1) is 5.82 Å². The van der Waals surface area contributed by atoms with Gasteiger partial charge in [0.1, 0.15) is 5.82 Å². The first-order chi connectivity index (χ1) is 8.45. The van der Waals surface area contributed by atoms with Gasteiger partial charge >= 0.3 is 0 Å². The average Bonchev–Trinajstić information content (AvgIpc) is 2.25. The van der Waals surface area contributed by atoms with E-state index in [1.807, 2.05) is 13.8 Å². The Kier molecular flexibility index (Phi) is 4.02. The molecule has 0 saturated carbocycles. The maximum absolute atomic E-state index is 13.3. The first kappa shape index (κ1) is 13.5. The van der Waals surface area contributed by atoms with Crippen LogP contribution in [0.2, 0.25) is 0 Å². The number of hydrogen-bond donors (Lipinski definition) is 1. The molecule has 1 fully saturated rings. The molecule has 1 saturated heterocycles. The lowest BCUT2D eigenvalue weighted by Crippen LogP contribution is -2.55. The molecular formula is C13H16BrFN2O. The summed E-state index contributed by atoms with van der Waals surface area (Å²) in [5.74, 6) is -0.514. The Labute approximate surface area is 114 Å². The molecular weight excluding hydrogens is 299 g/mol. The molecule has 1 aromatic rings. The van der Waals surface area contributed by atoms with Gasteiger partial charge in [0.15, 0.2) is 0 Å². The Morgan fingerprint density at radius 3 is 2.50 bits per heavy atom. The SMILES string of the molecule is C[C@@H]1CN(C(=O)c2cc(F)cc(Br)c2)C[C@H](C)N1. The van der Waals surface area contributed by atoms with Crippen molar-refractivity contribution in [2.75, 3.05) is 13.1 Å². The van der Waals surface area contributed by atoms with E-state index >= 15 is 0 Å². The van der Waals surface area contributed by atoms with Gasteiger partial charge in [-0.1, -0.05) is 15.9 Å². The average molecular weight is 315 g/mol. The van der Waals surface area contributed by atoms with Gasteiger partial charge in [-0.05, 0) is 32.0 Å². The van der Waals surface area contributed by atoms with Gasteiger partial charge in [0.25, 0.3) is 5.91 Å². The zero-order chi connectivity index (χ0) is 13.3. The van der Waals surface area contributed by atoms with Crippen molar-refractivity contribution >= 4 is 21.8 Å². The molecule has 0 aromatic heterocycles. The topological polar surface area (TPSA) is 32.3 Å². The first-order valence-corrected chi connectivity index (χ1v) is 6.76. The first-order valence-electron chi connectivity index (χ1n) is 5.97. The third-order valence-electron chi connectivity index (χ3n) is 2.95. The molecule has 1 aliphatic heterocycles. The minimum atomic E-state index is -0.399. The summed E-state index contributed by atoms with van der Waals surface area (Å²) in [6.45, 7) is 5.38. The second-order valence-electron chi connectivity index (χ2n) is 4.84. The van der Waals surface area contributed by atoms with Crippen LogP contribution in [0.4, 0.5) is 4.39 Å². The fraction of sp³-hybridized carbons (Fsp3) is 0.462. The molecule has 18 heavy (non-hydrogen) atoms. The van der Waals surface area contributed by atoms with E-state index < -0.39 is 5.82 Å². The van der Waals surface area contributed by atoms with Gasteiger partial charge in [0, 0.05) is 35.2 Å². The van der Waals surface area contributed by atoms with Crippen molar-refractivity contribution in [3.63, 3.8) is 0 Å². The molecule has 0 aliphatic carbocycles. The van der Waals surface area contributed by atoms with E-state index in [-0.39, 0.29) is 18.0 Å². The molecule has 0 radical (unpaired) electrons. The number of nitrogens with zero attached hydrogens (tertiary/aromatic N) is 1. The summed E-state index contributed by atoms with van der Waals surface area (Å²) in [5, 5.41) is 3.36. The van der Waals surface area contributed by atoms with Crippen LogP contribution in [-0.4, -0.2) is 36.0 Å². The molecule has 2 rings (SSSR count). The Morgan fingerprint density at radius 1 is 1.33 bits per heavy atom. The summed E-state index contributed by atoms with van der Waals surface area (Å²) in [7, 11) is 0. The van der Waals surface area contributed by atoms with Gasteiger partial charge in [-0.3, -0.25) is 4.79 Å². The van der Waals surface area contributed by atoms with Crippen LogP contribution >= 0.6 is 15.9 Å². The Balaban J connectivity index is 2.20. The zero-order valence-corrected chi connectivity index (χ0v) is 12.0. The van der Waals surface area contributed by atoms with Crippen LogP contribution in [0.3, 0.4) is 0 Å². The van der Waals surface area contributed by atoms with Crippen molar-refractivity contribution in [2.24, 2.45) is 0 Å². The standard InChI is InChI=1S/C13H16BrFN2O/c1-8-6-17(7-9(2)16-8)13(18)10-3-11(14)5-12(15)4-10/h3-5,8-9,16H,6-7H2,1-2H3/t8-,9+. The number of piperazine rings is 1. The van der Waals surface area contributed by atoms with Gasteiger partial charge in [-0.2, -0.15) is 0 Å². The zero-order valence-electron chi connectivity index (χ0n) is 10.4. The van der Waals surface area contributed by atoms with Crippen molar-refractivity contribution in [1.29, 1.82) is 0 Å². The fourth-order valence-electron chi connectivity index (χ4n) is 2.35. The number of rotatable bonds is 1. The number of benzene rings is 1.